The predicted molar refractivity (Wildman–Crippen MR) is 151 cm³/mol. The van der Waals surface area contributed by atoms with Crippen molar-refractivity contribution in [1.29, 1.82) is 0 Å². The highest BCUT2D eigenvalue weighted by Gasteiger charge is 2.35. The molecule has 38 heavy (non-hydrogen) atoms. The van der Waals surface area contributed by atoms with Crippen molar-refractivity contribution in [1.82, 2.24) is 24.7 Å². The van der Waals surface area contributed by atoms with Crippen LogP contribution in [-0.4, -0.2) is 82.3 Å². The van der Waals surface area contributed by atoms with E-state index in [1.165, 1.54) is 17.5 Å². The first kappa shape index (κ1) is 28.0. The van der Waals surface area contributed by atoms with Gasteiger partial charge in [-0.15, -0.1) is 0 Å². The summed E-state index contributed by atoms with van der Waals surface area (Å²) in [6.07, 6.45) is 6.14. The smallest absolute Gasteiger partial charge is 0.272 e. The number of carbonyl (C=O) groups excluding carboxylic acids is 2. The molecule has 0 saturated carbocycles. The highest BCUT2D eigenvalue weighted by atomic mass is 16.2. The van der Waals surface area contributed by atoms with Crippen LogP contribution in [0.1, 0.15) is 80.1 Å². The maximum atomic E-state index is 13.4. The number of nitrogens with one attached hydrogen (secondary N) is 1. The number of nitrogens with zero attached hydrogens (tertiary/aromatic N) is 5. The molecular formula is C30H44N6O2. The van der Waals surface area contributed by atoms with Gasteiger partial charge < -0.3 is 15.1 Å². The van der Waals surface area contributed by atoms with Gasteiger partial charge >= 0.3 is 0 Å². The minimum atomic E-state index is -0.0262. The van der Waals surface area contributed by atoms with Crippen LogP contribution in [0.4, 0.5) is 5.82 Å². The highest BCUT2D eigenvalue weighted by Crippen LogP contribution is 2.29. The normalized spacial score (nSPS) is 19.0. The van der Waals surface area contributed by atoms with Crippen LogP contribution in [0, 0.1) is 6.92 Å². The van der Waals surface area contributed by atoms with Crippen molar-refractivity contribution in [2.75, 3.05) is 39.0 Å². The van der Waals surface area contributed by atoms with Crippen LogP contribution in [0.3, 0.4) is 0 Å². The van der Waals surface area contributed by atoms with Crippen LogP contribution in [0.5, 0.6) is 0 Å². The SMILES string of the molecule is Cc1c(NCc2ccc(C(C)(C)C)cc2)ncnc1C(=O)N1CCC(N2CCCC2CC(=O)N(C)C)CC1. The number of piperidine rings is 1. The van der Waals surface area contributed by atoms with Crippen LogP contribution in [-0.2, 0) is 16.8 Å². The van der Waals surface area contributed by atoms with Crippen LogP contribution in [0.15, 0.2) is 30.6 Å². The third kappa shape index (κ3) is 6.52. The molecule has 1 unspecified atom stereocenters. The lowest BCUT2D eigenvalue weighted by atomic mass is 9.87. The first-order valence-corrected chi connectivity index (χ1v) is 13.9. The number of rotatable bonds is 7. The van der Waals surface area contributed by atoms with Gasteiger partial charge in [-0.2, -0.15) is 0 Å². The van der Waals surface area contributed by atoms with Gasteiger partial charge in [0.25, 0.3) is 5.91 Å². The zero-order valence-corrected chi connectivity index (χ0v) is 24.0. The van der Waals surface area contributed by atoms with E-state index in [-0.39, 0.29) is 17.2 Å². The summed E-state index contributed by atoms with van der Waals surface area (Å²) in [7, 11) is 3.65. The van der Waals surface area contributed by atoms with Crippen molar-refractivity contribution in [3.63, 3.8) is 0 Å². The number of anilines is 1. The molecule has 4 rings (SSSR count). The number of hydrogen-bond donors (Lipinski definition) is 1. The fourth-order valence-electron chi connectivity index (χ4n) is 5.64. The molecule has 2 aliphatic rings. The monoisotopic (exact) mass is 520 g/mol. The molecular weight excluding hydrogens is 476 g/mol. The Morgan fingerprint density at radius 3 is 2.34 bits per heavy atom. The van der Waals surface area contributed by atoms with Gasteiger partial charge in [0.2, 0.25) is 5.91 Å². The standard InChI is InChI=1S/C30H44N6O2/c1-21-27(32-20-33-28(21)31-19-22-9-11-23(12-10-22)30(2,3)4)29(38)35-16-13-24(14-17-35)36-15-7-8-25(36)18-26(37)34(5)6/h9-12,20,24-25H,7-8,13-19H2,1-6H3,(H,31,32,33). The molecule has 1 aromatic heterocycles. The van der Waals surface area contributed by atoms with E-state index in [2.05, 4.69) is 65.2 Å². The molecule has 8 heteroatoms. The molecule has 1 N–H and O–H groups in total. The Bertz CT molecular complexity index is 1120. The Labute approximate surface area is 227 Å². The molecule has 0 radical (unpaired) electrons. The molecule has 3 heterocycles. The zero-order chi connectivity index (χ0) is 27.4. The lowest BCUT2D eigenvalue weighted by molar-refractivity contribution is -0.130. The zero-order valence-electron chi connectivity index (χ0n) is 24.0. The van der Waals surface area contributed by atoms with E-state index in [0.29, 0.717) is 49.7 Å². The Kier molecular flexibility index (Phi) is 8.71. The van der Waals surface area contributed by atoms with Crippen LogP contribution >= 0.6 is 0 Å². The van der Waals surface area contributed by atoms with Gasteiger partial charge in [-0.1, -0.05) is 45.0 Å². The van der Waals surface area contributed by atoms with Gasteiger partial charge in [-0.3, -0.25) is 14.5 Å². The summed E-state index contributed by atoms with van der Waals surface area (Å²) >= 11 is 0. The maximum Gasteiger partial charge on any atom is 0.272 e. The average Bonchev–Trinajstić information content (AvgIpc) is 3.35. The van der Waals surface area contributed by atoms with Crippen LogP contribution < -0.4 is 5.32 Å². The molecule has 0 bridgehead atoms. The molecule has 1 aromatic carbocycles. The van der Waals surface area contributed by atoms with Gasteiger partial charge in [0.05, 0.1) is 0 Å². The molecule has 0 aliphatic carbocycles. The quantitative estimate of drug-likeness (QED) is 0.588. The largest absolute Gasteiger partial charge is 0.366 e. The Morgan fingerprint density at radius 1 is 1.03 bits per heavy atom. The number of carbonyl (C=O) groups is 2. The van der Waals surface area contributed by atoms with Gasteiger partial charge in [-0.25, -0.2) is 9.97 Å². The molecule has 1 atom stereocenters. The molecule has 8 nitrogen and oxygen atoms in total. The van der Waals surface area contributed by atoms with Crippen LogP contribution in [0.25, 0.3) is 0 Å². The van der Waals surface area contributed by atoms with Crippen molar-refractivity contribution >= 4 is 17.6 Å². The predicted octanol–water partition coefficient (Wildman–Crippen LogP) is 4.24. The summed E-state index contributed by atoms with van der Waals surface area (Å²) < 4.78 is 0. The van der Waals surface area contributed by atoms with Gasteiger partial charge in [-0.05, 0) is 55.7 Å². The molecule has 206 valence electrons. The minimum absolute atomic E-state index is 0.0262. The van der Waals surface area contributed by atoms with Gasteiger partial charge in [0, 0.05) is 57.8 Å². The number of benzene rings is 1. The minimum Gasteiger partial charge on any atom is -0.366 e. The van der Waals surface area contributed by atoms with Crippen molar-refractivity contribution in [2.45, 2.75) is 83.8 Å². The first-order chi connectivity index (χ1) is 18.0. The van der Waals surface area contributed by atoms with E-state index in [0.717, 1.165) is 37.8 Å². The number of aromatic nitrogens is 2. The van der Waals surface area contributed by atoms with Crippen molar-refractivity contribution in [3.8, 4) is 0 Å². The number of amides is 2. The topological polar surface area (TPSA) is 81.7 Å². The molecule has 2 saturated heterocycles. The third-order valence-corrected chi connectivity index (χ3v) is 8.12. The molecule has 0 spiro atoms. The second-order valence-electron chi connectivity index (χ2n) is 12.0. The number of likely N-dealkylation sites (tertiary alicyclic amines) is 2. The first-order valence-electron chi connectivity index (χ1n) is 13.9. The summed E-state index contributed by atoms with van der Waals surface area (Å²) in [6.45, 7) is 11.6. The van der Waals surface area contributed by atoms with Crippen molar-refractivity contribution in [2.24, 2.45) is 0 Å². The van der Waals surface area contributed by atoms with E-state index >= 15 is 0 Å². The van der Waals surface area contributed by atoms with E-state index in [9.17, 15) is 9.59 Å². The van der Waals surface area contributed by atoms with E-state index in [1.54, 1.807) is 4.90 Å². The van der Waals surface area contributed by atoms with E-state index in [4.69, 9.17) is 0 Å². The Hall–Kier alpha value is -3.00. The van der Waals surface area contributed by atoms with Crippen molar-refractivity contribution < 1.29 is 9.59 Å². The molecule has 2 fully saturated rings. The summed E-state index contributed by atoms with van der Waals surface area (Å²) in [5.74, 6) is 0.866. The summed E-state index contributed by atoms with van der Waals surface area (Å²) in [4.78, 5) is 40.7. The van der Waals surface area contributed by atoms with Crippen molar-refractivity contribution in [3.05, 3.63) is 53.0 Å². The van der Waals surface area contributed by atoms with Gasteiger partial charge in [0.15, 0.2) is 0 Å². The summed E-state index contributed by atoms with van der Waals surface area (Å²) in [5.41, 5.74) is 3.85. The number of hydrogen-bond acceptors (Lipinski definition) is 6. The lowest BCUT2D eigenvalue weighted by Crippen LogP contribution is -2.49. The fraction of sp³-hybridized carbons (Fsp3) is 0.600. The third-order valence-electron chi connectivity index (χ3n) is 8.12. The summed E-state index contributed by atoms with van der Waals surface area (Å²) in [5, 5.41) is 3.40. The lowest BCUT2D eigenvalue weighted by Gasteiger charge is -2.39. The molecule has 2 amide bonds. The second kappa shape index (κ2) is 11.8. The van der Waals surface area contributed by atoms with E-state index < -0.39 is 0 Å². The summed E-state index contributed by atoms with van der Waals surface area (Å²) in [6, 6.07) is 9.37. The van der Waals surface area contributed by atoms with E-state index in [1.807, 2.05) is 25.9 Å². The Balaban J connectivity index is 1.34. The molecule has 2 aliphatic heterocycles. The van der Waals surface area contributed by atoms with Gasteiger partial charge in [0.1, 0.15) is 17.8 Å². The average molecular weight is 521 g/mol. The molecule has 2 aromatic rings. The maximum absolute atomic E-state index is 13.4. The second-order valence-corrected chi connectivity index (χ2v) is 12.0. The highest BCUT2D eigenvalue weighted by molar-refractivity contribution is 5.94. The van der Waals surface area contributed by atoms with Crippen LogP contribution in [0.2, 0.25) is 0 Å². The Morgan fingerprint density at radius 2 is 1.71 bits per heavy atom. The fourth-order valence-corrected chi connectivity index (χ4v) is 5.64.